The Labute approximate surface area is 125 Å². The fourth-order valence-electron chi connectivity index (χ4n) is 2.16. The van der Waals surface area contributed by atoms with Crippen LogP contribution in [-0.4, -0.2) is 42.9 Å². The summed E-state index contributed by atoms with van der Waals surface area (Å²) in [5.41, 5.74) is 6.99. The first-order valence-corrected chi connectivity index (χ1v) is 7.42. The Morgan fingerprint density at radius 1 is 1.38 bits per heavy atom. The number of hydrogen-bond acceptors (Lipinski definition) is 3. The summed E-state index contributed by atoms with van der Waals surface area (Å²) in [7, 11) is 1.74. The lowest BCUT2D eigenvalue weighted by molar-refractivity contribution is 0.0802. The summed E-state index contributed by atoms with van der Waals surface area (Å²) in [6.45, 7) is 3.02. The van der Waals surface area contributed by atoms with E-state index in [1.54, 1.807) is 36.2 Å². The molecule has 2 amide bonds. The van der Waals surface area contributed by atoms with Gasteiger partial charge in [0.2, 0.25) is 0 Å². The van der Waals surface area contributed by atoms with Crippen molar-refractivity contribution in [2.24, 2.45) is 11.7 Å². The number of nitrogens with one attached hydrogen (secondary N) is 1. The second-order valence-corrected chi connectivity index (χ2v) is 5.61. The predicted molar refractivity (Wildman–Crippen MR) is 82.1 cm³/mol. The van der Waals surface area contributed by atoms with E-state index in [4.69, 9.17) is 5.73 Å². The Kier molecular flexibility index (Phi) is 4.96. The molecule has 1 aromatic carbocycles. The molecule has 114 valence electrons. The van der Waals surface area contributed by atoms with Crippen molar-refractivity contribution in [1.29, 1.82) is 0 Å². The molecule has 1 aromatic rings. The van der Waals surface area contributed by atoms with E-state index in [0.717, 1.165) is 12.8 Å². The van der Waals surface area contributed by atoms with Gasteiger partial charge in [-0.1, -0.05) is 6.07 Å². The molecule has 1 saturated carbocycles. The Morgan fingerprint density at radius 3 is 2.67 bits per heavy atom. The van der Waals surface area contributed by atoms with E-state index in [1.807, 2.05) is 6.92 Å². The number of rotatable bonds is 6. The average molecular weight is 289 g/mol. The zero-order chi connectivity index (χ0) is 15.4. The van der Waals surface area contributed by atoms with Crippen LogP contribution in [0.2, 0.25) is 0 Å². The molecule has 1 unspecified atom stereocenters. The van der Waals surface area contributed by atoms with Crippen LogP contribution in [0.15, 0.2) is 24.3 Å². The van der Waals surface area contributed by atoms with Gasteiger partial charge in [0.05, 0.1) is 0 Å². The second-order valence-electron chi connectivity index (χ2n) is 5.61. The van der Waals surface area contributed by atoms with Crippen molar-refractivity contribution in [2.75, 3.05) is 20.1 Å². The van der Waals surface area contributed by atoms with Crippen molar-refractivity contribution < 1.29 is 9.59 Å². The van der Waals surface area contributed by atoms with Gasteiger partial charge in [0, 0.05) is 37.3 Å². The SMILES string of the molecule is CCN(C)C(=O)c1cccc(C(=O)NCC(N)C2CC2)c1. The maximum absolute atomic E-state index is 12.1. The van der Waals surface area contributed by atoms with Crippen LogP contribution in [0, 0.1) is 5.92 Å². The lowest BCUT2D eigenvalue weighted by atomic mass is 10.1. The standard InChI is InChI=1S/C16H23N3O2/c1-3-19(2)16(21)13-6-4-5-12(9-13)15(20)18-10-14(17)11-7-8-11/h4-6,9,11,14H,3,7-8,10,17H2,1-2H3,(H,18,20). The fourth-order valence-corrected chi connectivity index (χ4v) is 2.16. The van der Waals surface area contributed by atoms with Gasteiger partial charge < -0.3 is 16.0 Å². The van der Waals surface area contributed by atoms with Gasteiger partial charge in [-0.3, -0.25) is 9.59 Å². The van der Waals surface area contributed by atoms with E-state index in [9.17, 15) is 9.59 Å². The molecule has 0 heterocycles. The minimum Gasteiger partial charge on any atom is -0.350 e. The van der Waals surface area contributed by atoms with Crippen molar-refractivity contribution in [3.05, 3.63) is 35.4 Å². The highest BCUT2D eigenvalue weighted by Gasteiger charge is 2.28. The molecule has 21 heavy (non-hydrogen) atoms. The Morgan fingerprint density at radius 2 is 2.05 bits per heavy atom. The van der Waals surface area contributed by atoms with Gasteiger partial charge in [-0.2, -0.15) is 0 Å². The van der Waals surface area contributed by atoms with Gasteiger partial charge in [-0.15, -0.1) is 0 Å². The van der Waals surface area contributed by atoms with Crippen LogP contribution in [0.4, 0.5) is 0 Å². The van der Waals surface area contributed by atoms with Crippen LogP contribution < -0.4 is 11.1 Å². The molecule has 1 aliphatic carbocycles. The summed E-state index contributed by atoms with van der Waals surface area (Å²) in [6, 6.07) is 6.82. The molecule has 0 aromatic heterocycles. The molecule has 5 nitrogen and oxygen atoms in total. The highest BCUT2D eigenvalue weighted by atomic mass is 16.2. The Hall–Kier alpha value is -1.88. The first-order chi connectivity index (χ1) is 10.0. The van der Waals surface area contributed by atoms with Gasteiger partial charge in [0.25, 0.3) is 11.8 Å². The monoisotopic (exact) mass is 289 g/mol. The normalized spacial score (nSPS) is 15.4. The summed E-state index contributed by atoms with van der Waals surface area (Å²) in [6.07, 6.45) is 2.31. The third-order valence-corrected chi connectivity index (χ3v) is 3.92. The number of carbonyl (C=O) groups excluding carboxylic acids is 2. The van der Waals surface area contributed by atoms with Crippen LogP contribution in [0.1, 0.15) is 40.5 Å². The van der Waals surface area contributed by atoms with Crippen LogP contribution in [0.3, 0.4) is 0 Å². The van der Waals surface area contributed by atoms with Crippen LogP contribution in [0.5, 0.6) is 0 Å². The van der Waals surface area contributed by atoms with E-state index in [1.165, 1.54) is 0 Å². The summed E-state index contributed by atoms with van der Waals surface area (Å²) in [4.78, 5) is 25.8. The molecule has 5 heteroatoms. The molecular formula is C16H23N3O2. The van der Waals surface area contributed by atoms with E-state index < -0.39 is 0 Å². The minimum atomic E-state index is -0.181. The topological polar surface area (TPSA) is 75.4 Å². The molecule has 0 bridgehead atoms. The van der Waals surface area contributed by atoms with Crippen LogP contribution in [-0.2, 0) is 0 Å². The number of carbonyl (C=O) groups is 2. The zero-order valence-electron chi connectivity index (χ0n) is 12.6. The summed E-state index contributed by atoms with van der Waals surface area (Å²) in [5, 5.41) is 2.84. The van der Waals surface area contributed by atoms with Gasteiger partial charge in [0.15, 0.2) is 0 Å². The van der Waals surface area contributed by atoms with Crippen molar-refractivity contribution in [1.82, 2.24) is 10.2 Å². The van der Waals surface area contributed by atoms with Gasteiger partial charge in [-0.05, 0) is 43.9 Å². The van der Waals surface area contributed by atoms with Crippen molar-refractivity contribution in [2.45, 2.75) is 25.8 Å². The third kappa shape index (κ3) is 4.04. The molecule has 3 N–H and O–H groups in total. The Bertz CT molecular complexity index is 526. The smallest absolute Gasteiger partial charge is 0.253 e. The van der Waals surface area contributed by atoms with E-state index in [-0.39, 0.29) is 17.9 Å². The van der Waals surface area contributed by atoms with Crippen molar-refractivity contribution in [3.8, 4) is 0 Å². The maximum Gasteiger partial charge on any atom is 0.253 e. The summed E-state index contributed by atoms with van der Waals surface area (Å²) in [5.74, 6) is 0.290. The van der Waals surface area contributed by atoms with Gasteiger partial charge >= 0.3 is 0 Å². The molecule has 0 spiro atoms. The molecule has 1 atom stereocenters. The van der Waals surface area contributed by atoms with Crippen LogP contribution in [0.25, 0.3) is 0 Å². The van der Waals surface area contributed by atoms with E-state index >= 15 is 0 Å². The summed E-state index contributed by atoms with van der Waals surface area (Å²) < 4.78 is 0. The zero-order valence-corrected chi connectivity index (χ0v) is 12.6. The van der Waals surface area contributed by atoms with Gasteiger partial charge in [-0.25, -0.2) is 0 Å². The number of benzene rings is 1. The first kappa shape index (κ1) is 15.5. The number of amides is 2. The average Bonchev–Trinajstić information content (AvgIpc) is 3.35. The molecule has 0 radical (unpaired) electrons. The highest BCUT2D eigenvalue weighted by molar-refractivity contribution is 5.99. The lowest BCUT2D eigenvalue weighted by Crippen LogP contribution is -2.38. The largest absolute Gasteiger partial charge is 0.350 e. The predicted octanol–water partition coefficient (Wildman–Crippen LogP) is 1.25. The Balaban J connectivity index is 1.98. The second kappa shape index (κ2) is 6.72. The van der Waals surface area contributed by atoms with Crippen molar-refractivity contribution >= 4 is 11.8 Å². The minimum absolute atomic E-state index is 0.0324. The van der Waals surface area contributed by atoms with E-state index in [2.05, 4.69) is 5.32 Å². The maximum atomic E-state index is 12.1. The lowest BCUT2D eigenvalue weighted by Gasteiger charge is -2.15. The van der Waals surface area contributed by atoms with Crippen LogP contribution >= 0.6 is 0 Å². The molecule has 0 aliphatic heterocycles. The van der Waals surface area contributed by atoms with Gasteiger partial charge in [0.1, 0.15) is 0 Å². The van der Waals surface area contributed by atoms with Crippen molar-refractivity contribution in [3.63, 3.8) is 0 Å². The first-order valence-electron chi connectivity index (χ1n) is 7.42. The molecule has 1 fully saturated rings. The molecular weight excluding hydrogens is 266 g/mol. The quantitative estimate of drug-likeness (QED) is 0.827. The molecule has 0 saturated heterocycles. The molecule has 1 aliphatic rings. The number of nitrogens with two attached hydrogens (primary N) is 1. The molecule has 2 rings (SSSR count). The number of nitrogens with zero attached hydrogens (tertiary/aromatic N) is 1. The third-order valence-electron chi connectivity index (χ3n) is 3.92. The number of hydrogen-bond donors (Lipinski definition) is 2. The van der Waals surface area contributed by atoms with E-state index in [0.29, 0.717) is 30.1 Å². The summed E-state index contributed by atoms with van der Waals surface area (Å²) >= 11 is 0. The highest BCUT2D eigenvalue weighted by Crippen LogP contribution is 2.31. The fraction of sp³-hybridized carbons (Fsp3) is 0.500.